The van der Waals surface area contributed by atoms with Gasteiger partial charge in [0.25, 0.3) is 0 Å². The van der Waals surface area contributed by atoms with Crippen LogP contribution in [0.5, 0.6) is 5.75 Å². The first-order valence-electron chi connectivity index (χ1n) is 6.24. The molecule has 0 radical (unpaired) electrons. The molecule has 2 N–H and O–H groups in total. The number of nitrogens with one attached hydrogen (secondary N) is 2. The molecule has 0 atom stereocenters. The van der Waals surface area contributed by atoms with E-state index in [0.717, 1.165) is 15.9 Å². The Labute approximate surface area is 131 Å². The minimum absolute atomic E-state index is 0.457. The van der Waals surface area contributed by atoms with Gasteiger partial charge < -0.3 is 20.3 Å². The molecule has 0 saturated carbocycles. The van der Waals surface area contributed by atoms with Crippen LogP contribution in [0.1, 0.15) is 0 Å². The van der Waals surface area contributed by atoms with E-state index in [4.69, 9.17) is 4.74 Å². The van der Waals surface area contributed by atoms with E-state index in [9.17, 15) is 0 Å². The zero-order chi connectivity index (χ0) is 15.4. The highest BCUT2D eigenvalue weighted by Crippen LogP contribution is 2.26. The predicted octanol–water partition coefficient (Wildman–Crippen LogP) is 2.49. The summed E-state index contributed by atoms with van der Waals surface area (Å²) >= 11 is 3.44. The average molecular weight is 353 g/mol. The Bertz CT molecular complexity index is 634. The largest absolute Gasteiger partial charge is 0.497 e. The number of anilines is 4. The van der Waals surface area contributed by atoms with E-state index in [1.165, 1.54) is 0 Å². The van der Waals surface area contributed by atoms with Crippen LogP contribution in [-0.4, -0.2) is 43.2 Å². The topological polar surface area (TPSA) is 75.2 Å². The highest BCUT2D eigenvalue weighted by Gasteiger charge is 2.08. The van der Waals surface area contributed by atoms with E-state index in [1.54, 1.807) is 14.2 Å². The van der Waals surface area contributed by atoms with E-state index in [2.05, 4.69) is 41.5 Å². The summed E-state index contributed by atoms with van der Waals surface area (Å²) in [5, 5.41) is 6.07. The normalized spacial score (nSPS) is 10.1. The molecule has 0 spiro atoms. The lowest BCUT2D eigenvalue weighted by molar-refractivity contribution is 0.415. The molecule has 1 heterocycles. The summed E-state index contributed by atoms with van der Waals surface area (Å²) in [4.78, 5) is 14.7. The van der Waals surface area contributed by atoms with Crippen LogP contribution in [0.4, 0.5) is 23.5 Å². The molecule has 21 heavy (non-hydrogen) atoms. The van der Waals surface area contributed by atoms with Crippen LogP contribution in [0.15, 0.2) is 22.7 Å². The molecule has 112 valence electrons. The number of hydrogen-bond donors (Lipinski definition) is 2. The minimum Gasteiger partial charge on any atom is -0.497 e. The summed E-state index contributed by atoms with van der Waals surface area (Å²) in [6.07, 6.45) is 0. The first kappa shape index (κ1) is 15.3. The van der Waals surface area contributed by atoms with Gasteiger partial charge in [-0.1, -0.05) is 15.9 Å². The lowest BCUT2D eigenvalue weighted by atomic mass is 10.3. The molecule has 0 fully saturated rings. The van der Waals surface area contributed by atoms with Crippen LogP contribution in [0.3, 0.4) is 0 Å². The molecule has 0 aliphatic rings. The van der Waals surface area contributed by atoms with Crippen molar-refractivity contribution in [2.45, 2.75) is 0 Å². The Morgan fingerprint density at radius 1 is 1.10 bits per heavy atom. The quantitative estimate of drug-likeness (QED) is 0.855. The summed E-state index contributed by atoms with van der Waals surface area (Å²) in [7, 11) is 7.14. The number of hydrogen-bond acceptors (Lipinski definition) is 7. The van der Waals surface area contributed by atoms with Gasteiger partial charge in [-0.25, -0.2) is 0 Å². The van der Waals surface area contributed by atoms with Crippen molar-refractivity contribution in [3.8, 4) is 5.75 Å². The van der Waals surface area contributed by atoms with Gasteiger partial charge in [0.15, 0.2) is 0 Å². The molecular weight excluding hydrogens is 336 g/mol. The van der Waals surface area contributed by atoms with Gasteiger partial charge in [0.05, 0.1) is 7.11 Å². The first-order valence-corrected chi connectivity index (χ1v) is 7.04. The summed E-state index contributed by atoms with van der Waals surface area (Å²) in [5.41, 5.74) is 0.819. The lowest BCUT2D eigenvalue weighted by Crippen LogP contribution is -2.15. The molecule has 0 aliphatic carbocycles. The Kier molecular flexibility index (Phi) is 4.79. The Morgan fingerprint density at radius 3 is 2.43 bits per heavy atom. The van der Waals surface area contributed by atoms with Gasteiger partial charge in [0.1, 0.15) is 5.75 Å². The number of aromatic nitrogens is 3. The van der Waals surface area contributed by atoms with Gasteiger partial charge in [-0.3, -0.25) is 0 Å². The molecular formula is C13H17BrN6O. The SMILES string of the molecule is CNc1nc(Nc2cc(Br)cc(OC)c2)nc(N(C)C)n1. The number of nitrogens with zero attached hydrogens (tertiary/aromatic N) is 4. The number of ether oxygens (including phenoxy) is 1. The molecule has 0 aliphatic heterocycles. The van der Waals surface area contributed by atoms with E-state index < -0.39 is 0 Å². The fourth-order valence-corrected chi connectivity index (χ4v) is 2.09. The number of halogens is 1. The Balaban J connectivity index is 2.34. The average Bonchev–Trinajstić information content (AvgIpc) is 2.46. The molecule has 2 aromatic rings. The van der Waals surface area contributed by atoms with Crippen LogP contribution in [0.25, 0.3) is 0 Å². The second-order valence-corrected chi connectivity index (χ2v) is 5.35. The highest BCUT2D eigenvalue weighted by atomic mass is 79.9. The maximum Gasteiger partial charge on any atom is 0.233 e. The molecule has 8 heteroatoms. The van der Waals surface area contributed by atoms with E-state index in [-0.39, 0.29) is 0 Å². The minimum atomic E-state index is 0.457. The first-order chi connectivity index (χ1) is 10.0. The molecule has 2 rings (SSSR count). The van der Waals surface area contributed by atoms with Crippen LogP contribution < -0.4 is 20.3 Å². The zero-order valence-electron chi connectivity index (χ0n) is 12.3. The molecule has 1 aromatic carbocycles. The molecule has 0 saturated heterocycles. The Morgan fingerprint density at radius 2 is 1.81 bits per heavy atom. The van der Waals surface area contributed by atoms with Crippen molar-refractivity contribution < 1.29 is 4.74 Å². The third-order valence-electron chi connectivity index (χ3n) is 2.61. The van der Waals surface area contributed by atoms with Crippen LogP contribution >= 0.6 is 15.9 Å². The van der Waals surface area contributed by atoms with Crippen LogP contribution in [0, 0.1) is 0 Å². The van der Waals surface area contributed by atoms with Crippen molar-refractivity contribution in [1.29, 1.82) is 0 Å². The summed E-state index contributed by atoms with van der Waals surface area (Å²) < 4.78 is 6.14. The van der Waals surface area contributed by atoms with Gasteiger partial charge in [0.2, 0.25) is 17.8 Å². The maximum atomic E-state index is 5.24. The smallest absolute Gasteiger partial charge is 0.233 e. The second kappa shape index (κ2) is 6.57. The Hall–Kier alpha value is -2.09. The standard InChI is InChI=1S/C13H17BrN6O/c1-15-11-17-12(19-13(18-11)20(2)3)16-9-5-8(14)6-10(7-9)21-4/h5-7H,1-4H3,(H2,15,16,17,18,19). The molecule has 0 bridgehead atoms. The van der Waals surface area contributed by atoms with E-state index in [1.807, 2.05) is 37.2 Å². The van der Waals surface area contributed by atoms with Crippen molar-refractivity contribution in [2.24, 2.45) is 0 Å². The zero-order valence-corrected chi connectivity index (χ0v) is 13.9. The van der Waals surface area contributed by atoms with Gasteiger partial charge in [-0.15, -0.1) is 0 Å². The van der Waals surface area contributed by atoms with E-state index >= 15 is 0 Å². The van der Waals surface area contributed by atoms with Crippen LogP contribution in [-0.2, 0) is 0 Å². The molecule has 0 amide bonds. The van der Waals surface area contributed by atoms with Crippen LogP contribution in [0.2, 0.25) is 0 Å². The maximum absolute atomic E-state index is 5.24. The fraction of sp³-hybridized carbons (Fsp3) is 0.308. The van der Waals surface area contributed by atoms with E-state index in [0.29, 0.717) is 17.8 Å². The number of rotatable bonds is 5. The van der Waals surface area contributed by atoms with Gasteiger partial charge in [-0.2, -0.15) is 15.0 Å². The number of methoxy groups -OCH3 is 1. The van der Waals surface area contributed by atoms with Crippen molar-refractivity contribution in [3.05, 3.63) is 22.7 Å². The molecule has 7 nitrogen and oxygen atoms in total. The highest BCUT2D eigenvalue weighted by molar-refractivity contribution is 9.10. The summed E-state index contributed by atoms with van der Waals surface area (Å²) in [6.45, 7) is 0. The molecule has 0 unspecified atom stereocenters. The number of benzene rings is 1. The third kappa shape index (κ3) is 3.94. The summed E-state index contributed by atoms with van der Waals surface area (Å²) in [5.74, 6) is 2.26. The third-order valence-corrected chi connectivity index (χ3v) is 3.07. The fourth-order valence-electron chi connectivity index (χ4n) is 1.61. The van der Waals surface area contributed by atoms with Gasteiger partial charge >= 0.3 is 0 Å². The van der Waals surface area contributed by atoms with Gasteiger partial charge in [-0.05, 0) is 12.1 Å². The van der Waals surface area contributed by atoms with Crippen molar-refractivity contribution >= 4 is 39.5 Å². The van der Waals surface area contributed by atoms with Crippen molar-refractivity contribution in [2.75, 3.05) is 43.8 Å². The monoisotopic (exact) mass is 352 g/mol. The lowest BCUT2D eigenvalue weighted by Gasteiger charge is -2.13. The van der Waals surface area contributed by atoms with Crippen molar-refractivity contribution in [3.63, 3.8) is 0 Å². The molecule has 1 aromatic heterocycles. The predicted molar refractivity (Wildman–Crippen MR) is 87.7 cm³/mol. The van der Waals surface area contributed by atoms with Crippen molar-refractivity contribution in [1.82, 2.24) is 15.0 Å². The van der Waals surface area contributed by atoms with Gasteiger partial charge in [0, 0.05) is 37.4 Å². The summed E-state index contributed by atoms with van der Waals surface area (Å²) in [6, 6.07) is 5.66. The second-order valence-electron chi connectivity index (χ2n) is 4.43.